The van der Waals surface area contributed by atoms with Crippen LogP contribution in [0.2, 0.25) is 0 Å². The molecule has 0 aromatic heterocycles. The molecular weight excluding hydrogens is 537 g/mol. The maximum absolute atomic E-state index is 13.5. The van der Waals surface area contributed by atoms with Crippen molar-refractivity contribution in [3.8, 4) is 0 Å². The zero-order valence-electron chi connectivity index (χ0n) is 19.9. The van der Waals surface area contributed by atoms with Gasteiger partial charge in [-0.2, -0.15) is 12.6 Å². The fourth-order valence-corrected chi connectivity index (χ4v) is 6.07. The number of sulfone groups is 1. The number of nitrogens with two attached hydrogens (primary N) is 1. The Morgan fingerprint density at radius 1 is 0.972 bits per heavy atom. The van der Waals surface area contributed by atoms with Gasteiger partial charge in [-0.3, -0.25) is 9.69 Å². The summed E-state index contributed by atoms with van der Waals surface area (Å²) in [5.41, 5.74) is 6.85. The lowest BCUT2D eigenvalue weighted by molar-refractivity contribution is 0.0467. The topological polar surface area (TPSA) is 83.7 Å². The van der Waals surface area contributed by atoms with Gasteiger partial charge in [0.1, 0.15) is 0 Å². The van der Waals surface area contributed by atoms with Crippen LogP contribution >= 0.6 is 37.4 Å². The number of benzene rings is 3. The second kappa shape index (κ2) is 13.7. The summed E-state index contributed by atoms with van der Waals surface area (Å²) in [6.45, 7) is 2.30. The number of fused-ring (bicyclic) bond motifs is 1. The summed E-state index contributed by atoms with van der Waals surface area (Å²) >= 11 is 4.31. The third-order valence-corrected chi connectivity index (χ3v) is 8.67. The number of halogens is 2. The summed E-state index contributed by atoms with van der Waals surface area (Å²) in [4.78, 5) is 17.9. The predicted molar refractivity (Wildman–Crippen MR) is 155 cm³/mol. The summed E-state index contributed by atoms with van der Waals surface area (Å²) in [6, 6.07) is 21.9. The highest BCUT2D eigenvalue weighted by Crippen LogP contribution is 2.23. The fourth-order valence-electron chi connectivity index (χ4n) is 4.57. The van der Waals surface area contributed by atoms with Crippen molar-refractivity contribution in [2.24, 2.45) is 5.73 Å². The summed E-state index contributed by atoms with van der Waals surface area (Å²) < 4.78 is 25.8. The van der Waals surface area contributed by atoms with Crippen LogP contribution < -0.4 is 5.73 Å². The number of hydrogen-bond donors (Lipinski definition) is 2. The van der Waals surface area contributed by atoms with E-state index in [2.05, 4.69) is 17.5 Å². The van der Waals surface area contributed by atoms with E-state index in [0.717, 1.165) is 10.8 Å². The first kappa shape index (κ1) is 30.4. The van der Waals surface area contributed by atoms with Crippen molar-refractivity contribution in [2.45, 2.75) is 23.4 Å². The van der Waals surface area contributed by atoms with Gasteiger partial charge in [-0.25, -0.2) is 8.42 Å². The zero-order valence-corrected chi connectivity index (χ0v) is 23.2. The summed E-state index contributed by atoms with van der Waals surface area (Å²) in [5, 5.41) is 1.95. The molecular formula is C26H33Cl2N3O3S2. The highest BCUT2D eigenvalue weighted by atomic mass is 35.5. The number of nitrogens with zero attached hydrogens (tertiary/aromatic N) is 2. The van der Waals surface area contributed by atoms with Gasteiger partial charge in [-0.05, 0) is 35.4 Å². The molecule has 3 aromatic rings. The van der Waals surface area contributed by atoms with Gasteiger partial charge in [0.25, 0.3) is 5.91 Å². The SMILES string of the molecule is Cl.Cl.N[C@@H](CS)CN1CCN(C(=O)c2cccc3ccccc23)C[C@@H]1CCS(=O)(=O)c1ccccc1. The number of carbonyl (C=O) groups is 1. The van der Waals surface area contributed by atoms with E-state index < -0.39 is 9.84 Å². The molecule has 2 atom stereocenters. The second-order valence-corrected chi connectivity index (χ2v) is 11.3. The van der Waals surface area contributed by atoms with Gasteiger partial charge in [-0.1, -0.05) is 54.6 Å². The average Bonchev–Trinajstić information content (AvgIpc) is 2.87. The predicted octanol–water partition coefficient (Wildman–Crippen LogP) is 3.93. The standard InChI is InChI=1S/C26H31N3O3S2.2ClH/c27-21(19-33)17-28-14-15-29(26(30)25-12-6-8-20-7-4-5-11-24(20)25)18-22(28)13-16-34(31,32)23-9-2-1-3-10-23;;/h1-12,21-22,33H,13-19,27H2;2*1H/t21-,22+;;/m1../s1. The number of piperazine rings is 1. The van der Waals surface area contributed by atoms with E-state index in [1.807, 2.05) is 47.4 Å². The Morgan fingerprint density at radius 2 is 1.64 bits per heavy atom. The smallest absolute Gasteiger partial charge is 0.254 e. The van der Waals surface area contributed by atoms with Gasteiger partial charge in [0, 0.05) is 49.6 Å². The molecule has 36 heavy (non-hydrogen) atoms. The Bertz CT molecular complexity index is 1240. The van der Waals surface area contributed by atoms with E-state index in [4.69, 9.17) is 5.73 Å². The first-order valence-corrected chi connectivity index (χ1v) is 13.8. The molecule has 0 saturated carbocycles. The minimum atomic E-state index is -3.41. The van der Waals surface area contributed by atoms with Crippen LogP contribution in [0.4, 0.5) is 0 Å². The second-order valence-electron chi connectivity index (χ2n) is 8.79. The molecule has 0 bridgehead atoms. The van der Waals surface area contributed by atoms with E-state index in [0.29, 0.717) is 48.8 Å². The Balaban J connectivity index is 0.00000228. The van der Waals surface area contributed by atoms with E-state index in [1.165, 1.54) is 0 Å². The minimum Gasteiger partial charge on any atom is -0.336 e. The molecule has 1 saturated heterocycles. The fraction of sp³-hybridized carbons (Fsp3) is 0.346. The number of amides is 1. The van der Waals surface area contributed by atoms with Gasteiger partial charge < -0.3 is 10.6 Å². The first-order valence-electron chi connectivity index (χ1n) is 11.5. The molecule has 0 unspecified atom stereocenters. The van der Waals surface area contributed by atoms with Crippen LogP contribution in [-0.4, -0.2) is 73.9 Å². The third-order valence-electron chi connectivity index (χ3n) is 6.44. The van der Waals surface area contributed by atoms with Crippen LogP contribution in [-0.2, 0) is 9.84 Å². The molecule has 3 aromatic carbocycles. The van der Waals surface area contributed by atoms with E-state index >= 15 is 0 Å². The maximum Gasteiger partial charge on any atom is 0.254 e. The molecule has 1 aliphatic rings. The number of thiol groups is 1. The molecule has 10 heteroatoms. The monoisotopic (exact) mass is 569 g/mol. The molecule has 2 N–H and O–H groups in total. The van der Waals surface area contributed by atoms with Crippen molar-refractivity contribution >= 4 is 64.0 Å². The Morgan fingerprint density at radius 3 is 2.36 bits per heavy atom. The van der Waals surface area contributed by atoms with Crippen molar-refractivity contribution in [1.29, 1.82) is 0 Å². The van der Waals surface area contributed by atoms with Gasteiger partial charge in [0.2, 0.25) is 0 Å². The molecule has 1 heterocycles. The first-order chi connectivity index (χ1) is 16.4. The lowest BCUT2D eigenvalue weighted by atomic mass is 10.0. The molecule has 1 amide bonds. The molecule has 4 rings (SSSR count). The largest absolute Gasteiger partial charge is 0.336 e. The molecule has 1 fully saturated rings. The minimum absolute atomic E-state index is 0. The molecule has 0 spiro atoms. The van der Waals surface area contributed by atoms with Crippen LogP contribution in [0.5, 0.6) is 0 Å². The highest BCUT2D eigenvalue weighted by molar-refractivity contribution is 7.91. The Kier molecular flexibility index (Phi) is 11.5. The van der Waals surface area contributed by atoms with Crippen molar-refractivity contribution in [3.63, 3.8) is 0 Å². The van der Waals surface area contributed by atoms with E-state index in [1.54, 1.807) is 30.3 Å². The third kappa shape index (κ3) is 7.15. The van der Waals surface area contributed by atoms with Crippen molar-refractivity contribution < 1.29 is 13.2 Å². The van der Waals surface area contributed by atoms with Crippen LogP contribution in [0.3, 0.4) is 0 Å². The summed E-state index contributed by atoms with van der Waals surface area (Å²) in [7, 11) is -3.41. The zero-order chi connectivity index (χ0) is 24.1. The van der Waals surface area contributed by atoms with E-state index in [9.17, 15) is 13.2 Å². The van der Waals surface area contributed by atoms with Crippen molar-refractivity contribution in [2.75, 3.05) is 37.7 Å². The quantitative estimate of drug-likeness (QED) is 0.401. The van der Waals surface area contributed by atoms with Gasteiger partial charge in [0.05, 0.1) is 10.6 Å². The average molecular weight is 571 g/mol. The van der Waals surface area contributed by atoms with Gasteiger partial charge in [-0.15, -0.1) is 24.8 Å². The Labute approximate surface area is 231 Å². The summed E-state index contributed by atoms with van der Waals surface area (Å²) in [5.74, 6) is 0.542. The maximum atomic E-state index is 13.5. The number of hydrogen-bond acceptors (Lipinski definition) is 6. The molecule has 0 aliphatic carbocycles. The van der Waals surface area contributed by atoms with Crippen LogP contribution in [0.25, 0.3) is 10.8 Å². The van der Waals surface area contributed by atoms with Crippen molar-refractivity contribution in [3.05, 3.63) is 78.4 Å². The van der Waals surface area contributed by atoms with E-state index in [-0.39, 0.29) is 48.6 Å². The molecule has 0 radical (unpaired) electrons. The molecule has 196 valence electrons. The molecule has 6 nitrogen and oxygen atoms in total. The van der Waals surface area contributed by atoms with Crippen molar-refractivity contribution in [1.82, 2.24) is 9.80 Å². The lowest BCUT2D eigenvalue weighted by Gasteiger charge is -2.42. The number of carbonyl (C=O) groups excluding carboxylic acids is 1. The van der Waals surface area contributed by atoms with Gasteiger partial charge in [0.15, 0.2) is 9.84 Å². The van der Waals surface area contributed by atoms with Crippen LogP contribution in [0.1, 0.15) is 16.8 Å². The summed E-state index contributed by atoms with van der Waals surface area (Å²) in [6.07, 6.45) is 0.426. The highest BCUT2D eigenvalue weighted by Gasteiger charge is 2.32. The number of rotatable bonds is 8. The Hall–Kier alpha value is -1.81. The molecule has 1 aliphatic heterocycles. The normalized spacial score (nSPS) is 17.2. The lowest BCUT2D eigenvalue weighted by Crippen LogP contribution is -2.57. The van der Waals surface area contributed by atoms with Crippen LogP contribution in [0, 0.1) is 0 Å². The van der Waals surface area contributed by atoms with Crippen LogP contribution in [0.15, 0.2) is 77.7 Å². The van der Waals surface area contributed by atoms with Gasteiger partial charge >= 0.3 is 0 Å².